The van der Waals surface area contributed by atoms with Crippen molar-refractivity contribution in [3.63, 3.8) is 0 Å². The molecule has 0 spiro atoms. The molecule has 3 heteroatoms. The minimum atomic E-state index is 0.0447. The zero-order chi connectivity index (χ0) is 23.1. The van der Waals surface area contributed by atoms with E-state index in [1.807, 2.05) is 18.2 Å². The normalized spacial score (nSPS) is 22.4. The first-order valence-electron chi connectivity index (χ1n) is 12.2. The predicted molar refractivity (Wildman–Crippen MR) is 132 cm³/mol. The van der Waals surface area contributed by atoms with E-state index in [0.717, 1.165) is 50.9 Å². The third-order valence-corrected chi connectivity index (χ3v) is 7.53. The summed E-state index contributed by atoms with van der Waals surface area (Å²) in [6.45, 7) is 11.2. The molecule has 2 aromatic rings. The number of hydrogen-bond donors (Lipinski definition) is 0. The zero-order valence-corrected chi connectivity index (χ0v) is 20.3. The summed E-state index contributed by atoms with van der Waals surface area (Å²) in [5.74, 6) is 1.03. The number of carbonyl (C=O) groups is 2. The highest BCUT2D eigenvalue weighted by Gasteiger charge is 2.39. The molecule has 3 unspecified atom stereocenters. The van der Waals surface area contributed by atoms with Crippen LogP contribution in [0.4, 0.5) is 0 Å². The quantitative estimate of drug-likeness (QED) is 0.424. The van der Waals surface area contributed by atoms with Crippen molar-refractivity contribution < 1.29 is 9.59 Å². The summed E-state index contributed by atoms with van der Waals surface area (Å²) >= 11 is 0. The van der Waals surface area contributed by atoms with Gasteiger partial charge >= 0.3 is 0 Å². The molecular formula is C29H39NO2. The van der Waals surface area contributed by atoms with Gasteiger partial charge in [0.2, 0.25) is 0 Å². The van der Waals surface area contributed by atoms with E-state index in [0.29, 0.717) is 18.1 Å². The molecule has 0 aliphatic carbocycles. The maximum absolute atomic E-state index is 13.1. The zero-order valence-electron chi connectivity index (χ0n) is 20.3. The van der Waals surface area contributed by atoms with Gasteiger partial charge in [-0.2, -0.15) is 0 Å². The van der Waals surface area contributed by atoms with Crippen molar-refractivity contribution in [2.24, 2.45) is 11.8 Å². The molecule has 1 heterocycles. The fourth-order valence-electron chi connectivity index (χ4n) is 5.05. The molecule has 0 amide bonds. The molecular weight excluding hydrogens is 394 g/mol. The van der Waals surface area contributed by atoms with Gasteiger partial charge < -0.3 is 4.90 Å². The third-order valence-electron chi connectivity index (χ3n) is 7.53. The summed E-state index contributed by atoms with van der Waals surface area (Å²) in [6.07, 6.45) is 4.59. The Labute approximate surface area is 194 Å². The van der Waals surface area contributed by atoms with Gasteiger partial charge in [0.25, 0.3) is 0 Å². The van der Waals surface area contributed by atoms with E-state index in [1.165, 1.54) is 11.1 Å². The van der Waals surface area contributed by atoms with Crippen LogP contribution in [-0.4, -0.2) is 36.1 Å². The van der Waals surface area contributed by atoms with Gasteiger partial charge in [0.1, 0.15) is 5.78 Å². The second-order valence-corrected chi connectivity index (χ2v) is 9.92. The van der Waals surface area contributed by atoms with Crippen LogP contribution in [0.3, 0.4) is 0 Å². The van der Waals surface area contributed by atoms with Crippen LogP contribution in [0.15, 0.2) is 54.6 Å². The van der Waals surface area contributed by atoms with Crippen molar-refractivity contribution in [3.8, 4) is 0 Å². The number of likely N-dealkylation sites (tertiary alicyclic amines) is 1. The molecule has 0 radical (unpaired) electrons. The fraction of sp³-hybridized carbons (Fsp3) is 0.517. The number of unbranched alkanes of at least 4 members (excludes halogenated alkanes) is 1. The van der Waals surface area contributed by atoms with E-state index in [1.54, 1.807) is 6.92 Å². The number of hydrogen-bond acceptors (Lipinski definition) is 3. The molecule has 3 nitrogen and oxygen atoms in total. The van der Waals surface area contributed by atoms with E-state index in [-0.39, 0.29) is 17.1 Å². The third kappa shape index (κ3) is 5.95. The topological polar surface area (TPSA) is 37.4 Å². The predicted octanol–water partition coefficient (Wildman–Crippen LogP) is 6.11. The highest BCUT2D eigenvalue weighted by molar-refractivity contribution is 5.94. The molecule has 32 heavy (non-hydrogen) atoms. The summed E-state index contributed by atoms with van der Waals surface area (Å²) in [5, 5.41) is 0. The maximum Gasteiger partial charge on any atom is 0.159 e. The van der Waals surface area contributed by atoms with Gasteiger partial charge in [-0.15, -0.1) is 0 Å². The van der Waals surface area contributed by atoms with E-state index >= 15 is 0 Å². The number of piperidine rings is 1. The first-order valence-corrected chi connectivity index (χ1v) is 12.2. The summed E-state index contributed by atoms with van der Waals surface area (Å²) in [6, 6.07) is 18.6. The van der Waals surface area contributed by atoms with Crippen molar-refractivity contribution in [2.75, 3.05) is 19.6 Å². The summed E-state index contributed by atoms with van der Waals surface area (Å²) in [4.78, 5) is 27.4. The molecule has 0 N–H and O–H groups in total. The highest BCUT2D eigenvalue weighted by atomic mass is 16.1. The molecule has 1 aliphatic rings. The van der Waals surface area contributed by atoms with Gasteiger partial charge in [0.05, 0.1) is 0 Å². The molecule has 172 valence electrons. The lowest BCUT2D eigenvalue weighted by Gasteiger charge is -2.46. The van der Waals surface area contributed by atoms with Crippen molar-refractivity contribution in [1.29, 1.82) is 0 Å². The van der Waals surface area contributed by atoms with Crippen LogP contribution in [0.1, 0.15) is 74.9 Å². The number of benzene rings is 2. The molecule has 0 bridgehead atoms. The average molecular weight is 434 g/mol. The number of Topliss-reactive ketones (excluding diaryl/α,β-unsaturated/α-hetero) is 2. The van der Waals surface area contributed by atoms with E-state index in [2.05, 4.69) is 62.1 Å². The molecule has 3 rings (SSSR count). The minimum Gasteiger partial charge on any atom is -0.302 e. The van der Waals surface area contributed by atoms with Crippen LogP contribution in [0.25, 0.3) is 0 Å². The van der Waals surface area contributed by atoms with E-state index < -0.39 is 0 Å². The van der Waals surface area contributed by atoms with Gasteiger partial charge in [-0.3, -0.25) is 9.59 Å². The van der Waals surface area contributed by atoms with E-state index in [9.17, 15) is 9.59 Å². The maximum atomic E-state index is 13.1. The first-order chi connectivity index (χ1) is 15.3. The summed E-state index contributed by atoms with van der Waals surface area (Å²) in [7, 11) is 0. The largest absolute Gasteiger partial charge is 0.302 e. The Balaban J connectivity index is 1.71. The minimum absolute atomic E-state index is 0.0447. The van der Waals surface area contributed by atoms with Crippen LogP contribution in [0.5, 0.6) is 0 Å². The first kappa shape index (κ1) is 24.4. The number of ketones is 2. The standard InChI is InChI=1S/C29H39NO2/c1-5-6-15-28(32)26(18-24-11-8-7-9-12-24)21-30-17-16-29(4,22(2)20-30)27-14-10-13-25(19-27)23(3)31/h7-14,19,22,26H,5-6,15-18,20-21H2,1-4H3. The lowest BCUT2D eigenvalue weighted by molar-refractivity contribution is -0.123. The Morgan fingerprint density at radius 1 is 1.12 bits per heavy atom. The lowest BCUT2D eigenvalue weighted by atomic mass is 9.67. The lowest BCUT2D eigenvalue weighted by Crippen LogP contribution is -2.49. The molecule has 1 fully saturated rings. The Morgan fingerprint density at radius 2 is 1.88 bits per heavy atom. The monoisotopic (exact) mass is 433 g/mol. The molecule has 0 saturated carbocycles. The van der Waals surface area contributed by atoms with Crippen molar-refractivity contribution >= 4 is 11.6 Å². The second-order valence-electron chi connectivity index (χ2n) is 9.92. The Hall–Kier alpha value is -2.26. The smallest absolute Gasteiger partial charge is 0.159 e. The molecule has 3 atom stereocenters. The second kappa shape index (κ2) is 11.0. The van der Waals surface area contributed by atoms with Gasteiger partial charge in [-0.25, -0.2) is 0 Å². The van der Waals surface area contributed by atoms with Crippen LogP contribution in [0, 0.1) is 11.8 Å². The van der Waals surface area contributed by atoms with Crippen molar-refractivity contribution in [1.82, 2.24) is 4.90 Å². The Bertz CT molecular complexity index is 906. The molecule has 1 aliphatic heterocycles. The van der Waals surface area contributed by atoms with Gasteiger partial charge in [0, 0.05) is 31.0 Å². The number of carbonyl (C=O) groups excluding carboxylic acids is 2. The SMILES string of the molecule is CCCCC(=O)C(Cc1ccccc1)CN1CCC(C)(c2cccc(C(C)=O)c2)C(C)C1. The van der Waals surface area contributed by atoms with E-state index in [4.69, 9.17) is 0 Å². The van der Waals surface area contributed by atoms with Gasteiger partial charge in [0.15, 0.2) is 5.78 Å². The van der Waals surface area contributed by atoms with Gasteiger partial charge in [-0.1, -0.05) is 75.7 Å². The summed E-state index contributed by atoms with van der Waals surface area (Å²) < 4.78 is 0. The van der Waals surface area contributed by atoms with Crippen LogP contribution < -0.4 is 0 Å². The molecule has 0 aromatic heterocycles. The average Bonchev–Trinajstić information content (AvgIpc) is 2.80. The summed E-state index contributed by atoms with van der Waals surface area (Å²) in [5.41, 5.74) is 3.35. The van der Waals surface area contributed by atoms with Crippen LogP contribution in [0.2, 0.25) is 0 Å². The van der Waals surface area contributed by atoms with Crippen LogP contribution in [-0.2, 0) is 16.6 Å². The van der Waals surface area contributed by atoms with Crippen molar-refractivity contribution in [2.45, 2.75) is 65.2 Å². The van der Waals surface area contributed by atoms with Crippen LogP contribution >= 0.6 is 0 Å². The Morgan fingerprint density at radius 3 is 2.53 bits per heavy atom. The highest BCUT2D eigenvalue weighted by Crippen LogP contribution is 2.40. The number of rotatable bonds is 10. The Kier molecular flexibility index (Phi) is 8.42. The fourth-order valence-corrected chi connectivity index (χ4v) is 5.05. The van der Waals surface area contributed by atoms with Crippen molar-refractivity contribution in [3.05, 3.63) is 71.3 Å². The molecule has 1 saturated heterocycles. The number of nitrogens with zero attached hydrogens (tertiary/aromatic N) is 1. The molecule has 2 aromatic carbocycles. The van der Waals surface area contributed by atoms with Gasteiger partial charge in [-0.05, 0) is 61.3 Å².